The van der Waals surface area contributed by atoms with Crippen molar-refractivity contribution in [3.63, 3.8) is 0 Å². The van der Waals surface area contributed by atoms with Crippen LogP contribution in [0.1, 0.15) is 110 Å². The predicted molar refractivity (Wildman–Crippen MR) is 308 cm³/mol. The largest absolute Gasteiger partial charge is 0.396 e. The van der Waals surface area contributed by atoms with Gasteiger partial charge in [-0.15, -0.1) is 6.58 Å². The number of carbonyl (C=O) groups is 3. The standard InChI is InChI=1S/C41H42N8O4.C21H24N4O2/c1-5-12-48-33-14-27-25-11-7-9-22-18-43-47-35(22)37(25)45-31(27)16-29(33)41(4,39(48)52)53-20-23(50)19-49-32-13-26-24-10-6-8-21-17-42-46-34(21)36(24)44-30(26)15-28(32)40(2,3)38(49)51;1-21(2)15-10-16-14(9-17(15)25(20(21)27)7-4-8-26)13-6-3-5-12-11-22-24-18(12)19(13)23-16/h5,13-18,23,44-45,50H,1,6-12,19-20H2,2-4H3,(H,42,46)(H,43,47);9-11,23,26H,3-8H2,1-2H3,(H,22,24). The number of rotatable bonds is 10. The van der Waals surface area contributed by atoms with Crippen molar-refractivity contribution in [2.75, 3.05) is 47.5 Å². The number of nitrogens with zero attached hydrogens (tertiary/aromatic N) is 6. The van der Waals surface area contributed by atoms with Crippen LogP contribution in [0.2, 0.25) is 0 Å². The number of H-pyrrole nitrogens is 6. The molecule has 3 aromatic carbocycles. The Morgan fingerprint density at radius 2 is 1.01 bits per heavy atom. The second kappa shape index (κ2) is 18.2. The molecule has 18 nitrogen and oxygen atoms in total. The fourth-order valence-corrected chi connectivity index (χ4v) is 14.1. The molecule has 2 unspecified atom stereocenters. The van der Waals surface area contributed by atoms with E-state index in [1.54, 1.807) is 22.8 Å². The smallest absolute Gasteiger partial charge is 0.263 e. The van der Waals surface area contributed by atoms with Crippen LogP contribution in [0.25, 0.3) is 66.9 Å². The summed E-state index contributed by atoms with van der Waals surface area (Å²) < 4.78 is 6.48. The van der Waals surface area contributed by atoms with Crippen molar-refractivity contribution in [1.29, 1.82) is 0 Å². The number of aryl methyl sites for hydroxylation is 6. The van der Waals surface area contributed by atoms with E-state index >= 15 is 0 Å². The van der Waals surface area contributed by atoms with Crippen LogP contribution in [0.4, 0.5) is 17.1 Å². The molecule has 18 heteroatoms. The monoisotopic (exact) mass is 1070 g/mol. The van der Waals surface area contributed by atoms with Gasteiger partial charge in [0, 0.05) is 69.3 Å². The molecule has 8 N–H and O–H groups in total. The Bertz CT molecular complexity index is 4070. The van der Waals surface area contributed by atoms with Crippen molar-refractivity contribution in [2.24, 2.45) is 0 Å². The molecule has 0 bridgehead atoms. The molecule has 410 valence electrons. The molecule has 2 atom stereocenters. The normalized spacial score (nSPS) is 19.6. The van der Waals surface area contributed by atoms with Gasteiger partial charge in [0.1, 0.15) is 0 Å². The highest BCUT2D eigenvalue weighted by Crippen LogP contribution is 2.50. The van der Waals surface area contributed by atoms with Crippen LogP contribution < -0.4 is 14.7 Å². The van der Waals surface area contributed by atoms with Crippen LogP contribution in [0, 0.1) is 0 Å². The molecule has 0 saturated heterocycles. The van der Waals surface area contributed by atoms with Crippen LogP contribution in [0.5, 0.6) is 0 Å². The number of aliphatic hydroxyl groups is 2. The maximum Gasteiger partial charge on any atom is 0.263 e. The van der Waals surface area contributed by atoms with Gasteiger partial charge in [0.05, 0.1) is 88.5 Å². The third-order valence-electron chi connectivity index (χ3n) is 18.3. The summed E-state index contributed by atoms with van der Waals surface area (Å²) in [7, 11) is 0. The quantitative estimate of drug-likeness (QED) is 0.0609. The predicted octanol–water partition coefficient (Wildman–Crippen LogP) is 8.91. The third-order valence-corrected chi connectivity index (χ3v) is 18.3. The van der Waals surface area contributed by atoms with E-state index in [9.17, 15) is 24.6 Å². The first-order valence-electron chi connectivity index (χ1n) is 28.2. The minimum atomic E-state index is -1.36. The lowest BCUT2D eigenvalue weighted by Gasteiger charge is -2.28. The van der Waals surface area contributed by atoms with E-state index in [0.29, 0.717) is 19.5 Å². The highest BCUT2D eigenvalue weighted by atomic mass is 16.5. The number of carbonyl (C=O) groups excluding carboxylic acids is 3. The lowest BCUT2D eigenvalue weighted by atomic mass is 9.85. The van der Waals surface area contributed by atoms with Gasteiger partial charge in [0.2, 0.25) is 11.8 Å². The first-order valence-corrected chi connectivity index (χ1v) is 28.2. The van der Waals surface area contributed by atoms with Crippen LogP contribution in [0.3, 0.4) is 0 Å². The van der Waals surface area contributed by atoms with Gasteiger partial charge in [0.15, 0.2) is 5.60 Å². The van der Waals surface area contributed by atoms with E-state index in [1.165, 1.54) is 38.8 Å². The molecule has 9 aromatic rings. The molecule has 15 rings (SSSR count). The molecule has 3 aliphatic heterocycles. The van der Waals surface area contributed by atoms with Gasteiger partial charge in [-0.2, -0.15) is 15.3 Å². The second-order valence-corrected chi connectivity index (χ2v) is 24.0. The summed E-state index contributed by atoms with van der Waals surface area (Å²) in [6, 6.07) is 12.6. The summed E-state index contributed by atoms with van der Waals surface area (Å²) in [6.45, 7) is 14.4. The van der Waals surface area contributed by atoms with E-state index in [1.807, 2.05) is 57.3 Å². The highest BCUT2D eigenvalue weighted by Gasteiger charge is 2.50. The number of hydrogen-bond donors (Lipinski definition) is 8. The maximum absolute atomic E-state index is 14.2. The Morgan fingerprint density at radius 3 is 1.46 bits per heavy atom. The summed E-state index contributed by atoms with van der Waals surface area (Å²) in [5, 5.41) is 46.5. The fraction of sp³-hybridized carbons (Fsp3) is 0.387. The number of ether oxygens (including phenoxy) is 1. The minimum absolute atomic E-state index is 0.0283. The Morgan fingerprint density at radius 1 is 0.588 bits per heavy atom. The van der Waals surface area contributed by atoms with Crippen LogP contribution in [-0.2, 0) is 74.1 Å². The molecule has 3 amide bonds. The number of aliphatic hydroxyl groups excluding tert-OH is 2. The molecule has 0 radical (unpaired) electrons. The van der Waals surface area contributed by atoms with Crippen molar-refractivity contribution in [1.82, 2.24) is 45.5 Å². The first-order chi connectivity index (χ1) is 38.6. The second-order valence-electron chi connectivity index (χ2n) is 24.0. The molecule has 6 aliphatic rings. The topological polar surface area (TPSA) is 244 Å². The molecule has 0 fully saturated rings. The summed E-state index contributed by atoms with van der Waals surface area (Å²) >= 11 is 0. The number of β-amino-alcohol motifs (C(OH)–C–C–N with tert-alkyl or cyclic N) is 1. The summed E-state index contributed by atoms with van der Waals surface area (Å²) in [5.41, 5.74) is 19.2. The van der Waals surface area contributed by atoms with Gasteiger partial charge < -0.3 is 44.6 Å². The summed E-state index contributed by atoms with van der Waals surface area (Å²) in [4.78, 5) is 57.3. The number of aromatic nitrogens is 9. The Hall–Kier alpha value is -8.06. The number of hydrogen-bond acceptors (Lipinski definition) is 9. The van der Waals surface area contributed by atoms with Gasteiger partial charge >= 0.3 is 0 Å². The van der Waals surface area contributed by atoms with Gasteiger partial charge in [-0.1, -0.05) is 6.08 Å². The van der Waals surface area contributed by atoms with Crippen LogP contribution >= 0.6 is 0 Å². The molecular weight excluding hydrogens is 1010 g/mol. The Labute approximate surface area is 461 Å². The molecular formula is C62H66N12O6. The van der Waals surface area contributed by atoms with Gasteiger partial charge in [0.25, 0.3) is 5.91 Å². The molecule has 80 heavy (non-hydrogen) atoms. The lowest BCUT2D eigenvalue weighted by molar-refractivity contribution is -0.145. The average molecular weight is 1080 g/mol. The third kappa shape index (κ3) is 7.33. The zero-order valence-corrected chi connectivity index (χ0v) is 45.9. The number of benzene rings is 3. The lowest BCUT2D eigenvalue weighted by Crippen LogP contribution is -2.45. The summed E-state index contributed by atoms with van der Waals surface area (Å²) in [5.74, 6) is -0.185. The molecule has 9 heterocycles. The van der Waals surface area contributed by atoms with Crippen molar-refractivity contribution in [3.8, 4) is 34.2 Å². The zero-order valence-electron chi connectivity index (χ0n) is 45.9. The maximum atomic E-state index is 14.2. The number of amides is 3. The van der Waals surface area contributed by atoms with E-state index in [4.69, 9.17) is 4.74 Å². The molecule has 6 aromatic heterocycles. The van der Waals surface area contributed by atoms with E-state index < -0.39 is 22.5 Å². The summed E-state index contributed by atoms with van der Waals surface area (Å²) in [6.07, 6.45) is 15.8. The van der Waals surface area contributed by atoms with Crippen molar-refractivity contribution in [3.05, 3.63) is 118 Å². The van der Waals surface area contributed by atoms with Gasteiger partial charge in [-0.05, 0) is 180 Å². The van der Waals surface area contributed by atoms with Gasteiger partial charge in [-0.3, -0.25) is 29.7 Å². The number of aromatic amines is 6. The van der Waals surface area contributed by atoms with E-state index in [0.717, 1.165) is 153 Å². The van der Waals surface area contributed by atoms with Gasteiger partial charge in [-0.25, -0.2) is 0 Å². The minimum Gasteiger partial charge on any atom is -0.396 e. The zero-order chi connectivity index (χ0) is 55.1. The fourth-order valence-electron chi connectivity index (χ4n) is 14.1. The number of anilines is 3. The number of nitrogens with one attached hydrogen (secondary N) is 6. The van der Waals surface area contributed by atoms with Crippen molar-refractivity contribution >= 4 is 67.5 Å². The Kier molecular flexibility index (Phi) is 11.4. The van der Waals surface area contributed by atoms with Crippen molar-refractivity contribution < 1.29 is 29.3 Å². The number of fused-ring (bicyclic) bond motifs is 18. The molecule has 3 aliphatic carbocycles. The van der Waals surface area contributed by atoms with E-state index in [-0.39, 0.29) is 37.5 Å². The average Bonchev–Trinajstić information content (AvgIpc) is 4.51. The Balaban J connectivity index is 0.000000179. The van der Waals surface area contributed by atoms with E-state index in [2.05, 4.69) is 82.5 Å². The highest BCUT2D eigenvalue weighted by molar-refractivity contribution is 6.13. The molecule has 0 saturated carbocycles. The van der Waals surface area contributed by atoms with Crippen LogP contribution in [-0.4, -0.2) is 112 Å². The SMILES string of the molecule is C=CCN1C(=O)C(C)(OCC(O)CN2C(=O)C(C)(C)c3cc4[nH]c5c(c4cc32)CCCc2cn[nH]c2-5)c2cc3[nH]c4c(c3cc21)CCCc1cn[nH]c1-4.CC1(C)C(=O)N(CCCO)c2cc3c4c([nH]c3cc21)-c1[nH]ncc1CCC4. The first kappa shape index (κ1) is 50.2. The molecule has 0 spiro atoms. The van der Waals surface area contributed by atoms with Crippen molar-refractivity contribution in [2.45, 2.75) is 121 Å². The van der Waals surface area contributed by atoms with Crippen LogP contribution in [0.15, 0.2) is 67.6 Å².